The lowest BCUT2D eigenvalue weighted by Crippen LogP contribution is -2.23. The highest BCUT2D eigenvalue weighted by atomic mass is 32.2. The van der Waals surface area contributed by atoms with Gasteiger partial charge in [0, 0.05) is 6.20 Å². The molecule has 0 radical (unpaired) electrons. The molecule has 170 valence electrons. The largest absolute Gasteiger partial charge is 0.573 e. The normalized spacial score (nSPS) is 15.2. The van der Waals surface area contributed by atoms with Crippen molar-refractivity contribution in [1.29, 1.82) is 0 Å². The number of nitrogens with zero attached hydrogens (tertiary/aromatic N) is 3. The molecule has 1 aromatic carbocycles. The minimum Gasteiger partial charge on any atom is -0.406 e. The van der Waals surface area contributed by atoms with E-state index < -0.39 is 22.1 Å². The third kappa shape index (κ3) is 5.28. The summed E-state index contributed by atoms with van der Waals surface area (Å²) in [5, 5.41) is 4.62. The van der Waals surface area contributed by atoms with E-state index in [1.54, 1.807) is 6.20 Å². The number of sulfonamides is 1. The lowest BCUT2D eigenvalue weighted by molar-refractivity contribution is -0.274. The Bertz CT molecular complexity index is 1160. The molecule has 0 unspecified atom stereocenters. The van der Waals surface area contributed by atoms with Crippen LogP contribution in [-0.4, -0.2) is 29.5 Å². The van der Waals surface area contributed by atoms with Crippen molar-refractivity contribution in [3.8, 4) is 17.1 Å². The summed E-state index contributed by atoms with van der Waals surface area (Å²) in [6.07, 6.45) is 1.07. The minimum absolute atomic E-state index is 0.0668. The predicted octanol–water partition coefficient (Wildman–Crippen LogP) is 4.44. The highest BCUT2D eigenvalue weighted by Gasteiger charge is 2.31. The average molecular weight is 466 g/mol. The van der Waals surface area contributed by atoms with Crippen molar-refractivity contribution >= 4 is 10.0 Å². The highest BCUT2D eigenvalue weighted by molar-refractivity contribution is 7.89. The fourth-order valence-electron chi connectivity index (χ4n) is 3.74. The van der Waals surface area contributed by atoms with Crippen LogP contribution in [0.15, 0.2) is 59.6 Å². The number of halogens is 3. The van der Waals surface area contributed by atoms with E-state index in [0.29, 0.717) is 5.69 Å². The summed E-state index contributed by atoms with van der Waals surface area (Å²) in [5.74, 6) is -0.494. The van der Waals surface area contributed by atoms with Crippen molar-refractivity contribution in [2.45, 2.75) is 49.5 Å². The van der Waals surface area contributed by atoms with E-state index in [4.69, 9.17) is 0 Å². The lowest BCUT2D eigenvalue weighted by Gasteiger charge is -2.13. The molecule has 1 N–H and O–H groups in total. The summed E-state index contributed by atoms with van der Waals surface area (Å²) in [7, 11) is -3.96. The van der Waals surface area contributed by atoms with E-state index in [2.05, 4.69) is 19.5 Å². The van der Waals surface area contributed by atoms with E-state index in [1.807, 2.05) is 28.9 Å². The predicted molar refractivity (Wildman–Crippen MR) is 110 cm³/mol. The number of alkyl halides is 3. The van der Waals surface area contributed by atoms with Gasteiger partial charge in [-0.1, -0.05) is 18.9 Å². The minimum atomic E-state index is -4.85. The third-order valence-corrected chi connectivity index (χ3v) is 6.61. The number of benzene rings is 1. The zero-order chi connectivity index (χ0) is 22.8. The molecule has 1 aliphatic carbocycles. The Kier molecular flexibility index (Phi) is 6.20. The molecule has 2 aromatic heterocycles. The number of pyridine rings is 1. The Labute approximate surface area is 183 Å². The number of hydrogen-bond donors (Lipinski definition) is 1. The standard InChI is InChI=1S/C21H21F3N4O3S/c22-21(23,24)31-17-8-10-18(11-9-17)32(29,30)26-14-15-13-20(19-7-3-4-12-25-19)28(27-15)16-5-1-2-6-16/h3-4,7-13,16,26H,1-2,5-6,14H2. The maximum absolute atomic E-state index is 12.6. The molecule has 1 aliphatic rings. The van der Waals surface area contributed by atoms with Crippen LogP contribution in [-0.2, 0) is 16.6 Å². The van der Waals surface area contributed by atoms with Crippen LogP contribution in [0.3, 0.4) is 0 Å². The molecule has 0 amide bonds. The molecule has 0 aliphatic heterocycles. The van der Waals surface area contributed by atoms with Gasteiger partial charge in [-0.15, -0.1) is 13.2 Å². The van der Waals surface area contributed by atoms with E-state index in [1.165, 1.54) is 0 Å². The van der Waals surface area contributed by atoms with Crippen LogP contribution in [0.4, 0.5) is 13.2 Å². The quantitative estimate of drug-likeness (QED) is 0.557. The first-order valence-corrected chi connectivity index (χ1v) is 11.5. The fraction of sp³-hybridized carbons (Fsp3) is 0.333. The zero-order valence-corrected chi connectivity index (χ0v) is 17.7. The second-order valence-electron chi connectivity index (χ2n) is 7.46. The third-order valence-electron chi connectivity index (χ3n) is 5.20. The molecule has 4 rings (SSSR count). The SMILES string of the molecule is O=S(=O)(NCc1cc(-c2ccccn2)n(C2CCCC2)n1)c1ccc(OC(F)(F)F)cc1. The summed E-state index contributed by atoms with van der Waals surface area (Å²) in [6, 6.07) is 11.6. The molecule has 11 heteroatoms. The van der Waals surface area contributed by atoms with Gasteiger partial charge in [-0.25, -0.2) is 13.1 Å². The molecule has 3 aromatic rings. The fourth-order valence-corrected chi connectivity index (χ4v) is 4.74. The summed E-state index contributed by atoms with van der Waals surface area (Å²) in [6.45, 7) is -0.0668. The highest BCUT2D eigenvalue weighted by Crippen LogP contribution is 2.33. The Hall–Kier alpha value is -2.92. The van der Waals surface area contributed by atoms with Crippen LogP contribution < -0.4 is 9.46 Å². The number of hydrogen-bond acceptors (Lipinski definition) is 5. The Morgan fingerprint density at radius 1 is 1.09 bits per heavy atom. The van der Waals surface area contributed by atoms with Crippen molar-refractivity contribution in [1.82, 2.24) is 19.5 Å². The number of nitrogens with one attached hydrogen (secondary N) is 1. The van der Waals surface area contributed by atoms with Gasteiger partial charge in [0.25, 0.3) is 0 Å². The molecule has 0 saturated heterocycles. The van der Waals surface area contributed by atoms with Gasteiger partial charge < -0.3 is 4.74 Å². The van der Waals surface area contributed by atoms with Gasteiger partial charge in [-0.3, -0.25) is 9.67 Å². The summed E-state index contributed by atoms with van der Waals surface area (Å²) < 4.78 is 70.2. The Morgan fingerprint density at radius 2 is 1.81 bits per heavy atom. The smallest absolute Gasteiger partial charge is 0.406 e. The van der Waals surface area contributed by atoms with E-state index in [0.717, 1.165) is 61.3 Å². The maximum Gasteiger partial charge on any atom is 0.573 e. The van der Waals surface area contributed by atoms with Crippen molar-refractivity contribution in [3.63, 3.8) is 0 Å². The average Bonchev–Trinajstić information content (AvgIpc) is 3.42. The van der Waals surface area contributed by atoms with E-state index >= 15 is 0 Å². The Balaban J connectivity index is 1.51. The van der Waals surface area contributed by atoms with Crippen molar-refractivity contribution in [2.75, 3.05) is 0 Å². The van der Waals surface area contributed by atoms with Crippen LogP contribution in [0, 0.1) is 0 Å². The summed E-state index contributed by atoms with van der Waals surface area (Å²) >= 11 is 0. The van der Waals surface area contributed by atoms with Crippen molar-refractivity contribution in [3.05, 3.63) is 60.4 Å². The molecule has 0 atom stereocenters. The lowest BCUT2D eigenvalue weighted by atomic mass is 10.2. The van der Waals surface area contributed by atoms with Gasteiger partial charge in [-0.05, 0) is 55.3 Å². The first-order chi connectivity index (χ1) is 15.2. The van der Waals surface area contributed by atoms with Crippen LogP contribution >= 0.6 is 0 Å². The molecule has 1 fully saturated rings. The summed E-state index contributed by atoms with van der Waals surface area (Å²) in [4.78, 5) is 4.22. The molecular formula is C21H21F3N4O3S. The molecule has 2 heterocycles. The van der Waals surface area contributed by atoms with Crippen molar-refractivity contribution < 1.29 is 26.3 Å². The monoisotopic (exact) mass is 466 g/mol. The van der Waals surface area contributed by atoms with Crippen LogP contribution in [0.1, 0.15) is 37.4 Å². The van der Waals surface area contributed by atoms with Crippen LogP contribution in [0.2, 0.25) is 0 Å². The van der Waals surface area contributed by atoms with E-state index in [9.17, 15) is 21.6 Å². The number of aromatic nitrogens is 3. The van der Waals surface area contributed by atoms with E-state index in [-0.39, 0.29) is 17.5 Å². The van der Waals surface area contributed by atoms with Gasteiger partial charge in [0.05, 0.1) is 34.6 Å². The van der Waals surface area contributed by atoms with Gasteiger partial charge in [0.1, 0.15) is 5.75 Å². The second kappa shape index (κ2) is 8.91. The van der Waals surface area contributed by atoms with Crippen LogP contribution in [0.25, 0.3) is 11.4 Å². The van der Waals surface area contributed by atoms with Gasteiger partial charge in [0.15, 0.2) is 0 Å². The molecular weight excluding hydrogens is 445 g/mol. The van der Waals surface area contributed by atoms with Gasteiger partial charge in [-0.2, -0.15) is 5.10 Å². The number of rotatable bonds is 7. The first kappa shape index (κ1) is 22.3. The zero-order valence-electron chi connectivity index (χ0n) is 16.9. The second-order valence-corrected chi connectivity index (χ2v) is 9.23. The van der Waals surface area contributed by atoms with Gasteiger partial charge >= 0.3 is 6.36 Å². The summed E-state index contributed by atoms with van der Waals surface area (Å²) in [5.41, 5.74) is 2.10. The molecule has 0 bridgehead atoms. The maximum atomic E-state index is 12.6. The molecule has 1 saturated carbocycles. The van der Waals surface area contributed by atoms with Gasteiger partial charge in [0.2, 0.25) is 10.0 Å². The Morgan fingerprint density at radius 3 is 2.44 bits per heavy atom. The number of ether oxygens (including phenoxy) is 1. The molecule has 7 nitrogen and oxygen atoms in total. The molecule has 0 spiro atoms. The van der Waals surface area contributed by atoms with Crippen molar-refractivity contribution in [2.24, 2.45) is 0 Å². The topological polar surface area (TPSA) is 86.1 Å². The molecule has 32 heavy (non-hydrogen) atoms. The van der Waals surface area contributed by atoms with Crippen LogP contribution in [0.5, 0.6) is 5.75 Å². The first-order valence-electron chi connectivity index (χ1n) is 10.1.